The van der Waals surface area contributed by atoms with Gasteiger partial charge in [-0.2, -0.15) is 0 Å². The SMILES string of the molecule is OCCC[C@@H](CO)NCc1ccccc1. The van der Waals surface area contributed by atoms with Gasteiger partial charge < -0.3 is 15.5 Å². The zero-order valence-corrected chi connectivity index (χ0v) is 8.89. The zero-order chi connectivity index (χ0) is 10.9. The molecule has 0 aliphatic rings. The Morgan fingerprint density at radius 1 is 1.13 bits per heavy atom. The molecule has 0 unspecified atom stereocenters. The van der Waals surface area contributed by atoms with Crippen molar-refractivity contribution in [3.63, 3.8) is 0 Å². The second kappa shape index (κ2) is 7.40. The Labute approximate surface area is 90.8 Å². The Hall–Kier alpha value is -0.900. The van der Waals surface area contributed by atoms with Crippen LogP contribution >= 0.6 is 0 Å². The minimum atomic E-state index is 0.0809. The van der Waals surface area contributed by atoms with Gasteiger partial charge in [-0.1, -0.05) is 30.3 Å². The molecule has 0 heterocycles. The number of nitrogens with one attached hydrogen (secondary N) is 1. The molecule has 0 aliphatic carbocycles. The van der Waals surface area contributed by atoms with E-state index in [2.05, 4.69) is 5.32 Å². The molecule has 0 amide bonds. The molecule has 0 aliphatic heterocycles. The van der Waals surface area contributed by atoms with E-state index in [1.165, 1.54) is 5.56 Å². The van der Waals surface area contributed by atoms with Gasteiger partial charge in [-0.3, -0.25) is 0 Å². The monoisotopic (exact) mass is 209 g/mol. The van der Waals surface area contributed by atoms with Gasteiger partial charge in [0.25, 0.3) is 0 Å². The third kappa shape index (κ3) is 4.93. The second-order valence-corrected chi connectivity index (χ2v) is 3.61. The third-order valence-electron chi connectivity index (χ3n) is 2.37. The van der Waals surface area contributed by atoms with Crippen LogP contribution in [0.1, 0.15) is 18.4 Å². The molecule has 0 aromatic heterocycles. The van der Waals surface area contributed by atoms with Crippen LogP contribution < -0.4 is 5.32 Å². The molecule has 1 rings (SSSR count). The molecule has 3 N–H and O–H groups in total. The summed E-state index contributed by atoms with van der Waals surface area (Å²) in [6.07, 6.45) is 1.53. The Morgan fingerprint density at radius 2 is 1.87 bits per heavy atom. The van der Waals surface area contributed by atoms with Crippen molar-refractivity contribution in [2.45, 2.75) is 25.4 Å². The molecule has 0 bridgehead atoms. The average Bonchev–Trinajstić information content (AvgIpc) is 2.31. The van der Waals surface area contributed by atoms with Crippen molar-refractivity contribution >= 4 is 0 Å². The number of aliphatic hydroxyl groups excluding tert-OH is 2. The lowest BCUT2D eigenvalue weighted by Gasteiger charge is -2.15. The standard InChI is InChI=1S/C12H19NO2/c14-8-4-7-12(10-15)13-9-11-5-2-1-3-6-11/h1-3,5-6,12-15H,4,7-10H2/t12-/m0/s1. The number of benzene rings is 1. The van der Waals surface area contributed by atoms with E-state index >= 15 is 0 Å². The van der Waals surface area contributed by atoms with Gasteiger partial charge in [-0.05, 0) is 18.4 Å². The van der Waals surface area contributed by atoms with Crippen LogP contribution in [0, 0.1) is 0 Å². The lowest BCUT2D eigenvalue weighted by Crippen LogP contribution is -2.32. The fourth-order valence-electron chi connectivity index (χ4n) is 1.45. The Bertz CT molecular complexity index is 251. The van der Waals surface area contributed by atoms with E-state index in [1.807, 2.05) is 30.3 Å². The molecule has 15 heavy (non-hydrogen) atoms. The van der Waals surface area contributed by atoms with Crippen LogP contribution in [0.3, 0.4) is 0 Å². The van der Waals surface area contributed by atoms with Gasteiger partial charge in [0, 0.05) is 19.2 Å². The first kappa shape index (κ1) is 12.2. The Balaban J connectivity index is 2.28. The van der Waals surface area contributed by atoms with E-state index < -0.39 is 0 Å². The number of aliphatic hydroxyl groups is 2. The molecule has 0 saturated heterocycles. The quantitative estimate of drug-likeness (QED) is 0.625. The van der Waals surface area contributed by atoms with E-state index in [0.717, 1.165) is 19.4 Å². The van der Waals surface area contributed by atoms with Gasteiger partial charge in [0.05, 0.1) is 6.61 Å². The summed E-state index contributed by atoms with van der Waals surface area (Å²) in [7, 11) is 0. The summed E-state index contributed by atoms with van der Waals surface area (Å²) in [5, 5.41) is 21.0. The van der Waals surface area contributed by atoms with Crippen LogP contribution in [-0.4, -0.2) is 29.5 Å². The van der Waals surface area contributed by atoms with E-state index in [-0.39, 0.29) is 19.3 Å². The van der Waals surface area contributed by atoms with Crippen molar-refractivity contribution in [2.24, 2.45) is 0 Å². The third-order valence-corrected chi connectivity index (χ3v) is 2.37. The first-order chi connectivity index (χ1) is 7.36. The summed E-state index contributed by atoms with van der Waals surface area (Å²) in [6.45, 7) is 1.06. The van der Waals surface area contributed by atoms with Gasteiger partial charge in [0.2, 0.25) is 0 Å². The molecule has 0 spiro atoms. The van der Waals surface area contributed by atoms with Crippen molar-refractivity contribution in [3.8, 4) is 0 Å². The first-order valence-electron chi connectivity index (χ1n) is 5.36. The maximum Gasteiger partial charge on any atom is 0.0584 e. The molecule has 84 valence electrons. The molecule has 1 atom stereocenters. The van der Waals surface area contributed by atoms with Crippen LogP contribution in [0.4, 0.5) is 0 Å². The van der Waals surface area contributed by atoms with Crippen LogP contribution in [0.15, 0.2) is 30.3 Å². The predicted octanol–water partition coefficient (Wildman–Crippen LogP) is 0.910. The van der Waals surface area contributed by atoms with E-state index in [1.54, 1.807) is 0 Å². The molecule has 1 aromatic rings. The smallest absolute Gasteiger partial charge is 0.0584 e. The van der Waals surface area contributed by atoms with E-state index in [4.69, 9.17) is 10.2 Å². The highest BCUT2D eigenvalue weighted by atomic mass is 16.3. The van der Waals surface area contributed by atoms with Crippen LogP contribution in [0.25, 0.3) is 0 Å². The van der Waals surface area contributed by atoms with Crippen molar-refractivity contribution in [2.75, 3.05) is 13.2 Å². The molecule has 1 aromatic carbocycles. The van der Waals surface area contributed by atoms with Crippen molar-refractivity contribution in [1.29, 1.82) is 0 Å². The van der Waals surface area contributed by atoms with E-state index in [9.17, 15) is 0 Å². The zero-order valence-electron chi connectivity index (χ0n) is 8.89. The summed E-state index contributed by atoms with van der Waals surface area (Å²) in [5.74, 6) is 0. The fraction of sp³-hybridized carbons (Fsp3) is 0.500. The van der Waals surface area contributed by atoms with E-state index in [0.29, 0.717) is 0 Å². The lowest BCUT2D eigenvalue weighted by molar-refractivity contribution is 0.216. The highest BCUT2D eigenvalue weighted by Gasteiger charge is 2.05. The van der Waals surface area contributed by atoms with Crippen LogP contribution in [0.5, 0.6) is 0 Å². The molecular weight excluding hydrogens is 190 g/mol. The summed E-state index contributed by atoms with van der Waals surface area (Å²) in [6, 6.07) is 10.2. The molecule has 0 saturated carbocycles. The van der Waals surface area contributed by atoms with Gasteiger partial charge in [0.15, 0.2) is 0 Å². The van der Waals surface area contributed by atoms with Gasteiger partial charge >= 0.3 is 0 Å². The van der Waals surface area contributed by atoms with Crippen LogP contribution in [-0.2, 0) is 6.54 Å². The van der Waals surface area contributed by atoms with Crippen LogP contribution in [0.2, 0.25) is 0 Å². The van der Waals surface area contributed by atoms with Gasteiger partial charge in [-0.25, -0.2) is 0 Å². The lowest BCUT2D eigenvalue weighted by atomic mass is 10.1. The summed E-state index contributed by atoms with van der Waals surface area (Å²) in [5.41, 5.74) is 1.21. The largest absolute Gasteiger partial charge is 0.396 e. The minimum absolute atomic E-state index is 0.0809. The summed E-state index contributed by atoms with van der Waals surface area (Å²) < 4.78 is 0. The first-order valence-corrected chi connectivity index (χ1v) is 5.36. The van der Waals surface area contributed by atoms with Gasteiger partial charge in [-0.15, -0.1) is 0 Å². The Morgan fingerprint density at radius 3 is 2.47 bits per heavy atom. The maximum atomic E-state index is 9.09. The highest BCUT2D eigenvalue weighted by molar-refractivity contribution is 5.14. The molecular formula is C12H19NO2. The van der Waals surface area contributed by atoms with Crippen molar-refractivity contribution in [3.05, 3.63) is 35.9 Å². The minimum Gasteiger partial charge on any atom is -0.396 e. The molecule has 0 fully saturated rings. The van der Waals surface area contributed by atoms with Crippen molar-refractivity contribution in [1.82, 2.24) is 5.32 Å². The molecule has 3 nitrogen and oxygen atoms in total. The average molecular weight is 209 g/mol. The van der Waals surface area contributed by atoms with Crippen molar-refractivity contribution < 1.29 is 10.2 Å². The van der Waals surface area contributed by atoms with Gasteiger partial charge in [0.1, 0.15) is 0 Å². The maximum absolute atomic E-state index is 9.09. The highest BCUT2D eigenvalue weighted by Crippen LogP contribution is 2.01. The predicted molar refractivity (Wildman–Crippen MR) is 60.5 cm³/mol. The second-order valence-electron chi connectivity index (χ2n) is 3.61. The normalized spacial score (nSPS) is 12.7. The fourth-order valence-corrected chi connectivity index (χ4v) is 1.45. The summed E-state index contributed by atoms with van der Waals surface area (Å²) >= 11 is 0. The molecule has 0 radical (unpaired) electrons. The number of hydrogen-bond acceptors (Lipinski definition) is 3. The summed E-state index contributed by atoms with van der Waals surface area (Å²) in [4.78, 5) is 0. The molecule has 3 heteroatoms. The topological polar surface area (TPSA) is 52.5 Å². The number of rotatable bonds is 7. The number of hydrogen-bond donors (Lipinski definition) is 3. The Kier molecular flexibility index (Phi) is 6.00.